The fourth-order valence-corrected chi connectivity index (χ4v) is 3.40. The highest BCUT2D eigenvalue weighted by atomic mass is 19.1. The van der Waals surface area contributed by atoms with Gasteiger partial charge in [0.1, 0.15) is 5.82 Å². The van der Waals surface area contributed by atoms with Gasteiger partial charge in [-0.3, -0.25) is 0 Å². The lowest BCUT2D eigenvalue weighted by atomic mass is 9.90. The number of hydrogen-bond acceptors (Lipinski definition) is 0. The van der Waals surface area contributed by atoms with E-state index in [1.165, 1.54) is 58.7 Å². The lowest BCUT2D eigenvalue weighted by molar-refractivity contribution is 0.625. The van der Waals surface area contributed by atoms with Crippen LogP contribution in [-0.2, 0) is 6.42 Å². The molecule has 0 N–H and O–H groups in total. The summed E-state index contributed by atoms with van der Waals surface area (Å²) in [7, 11) is 0. The Morgan fingerprint density at radius 3 is 1.94 bits per heavy atom. The largest absolute Gasteiger partial charge is 0.207 e. The van der Waals surface area contributed by atoms with Crippen molar-refractivity contribution in [1.82, 2.24) is 0 Å². The zero-order valence-electron chi connectivity index (χ0n) is 23.7. The topological polar surface area (TPSA) is 0 Å². The average Bonchev–Trinajstić information content (AvgIpc) is 2.83. The number of unbranched alkanes of at least 4 members (excludes halogenated alkanes) is 1. The molecule has 0 unspecified atom stereocenters. The third-order valence-corrected chi connectivity index (χ3v) is 5.05. The molecule has 0 fully saturated rings. The van der Waals surface area contributed by atoms with Crippen LogP contribution in [0.1, 0.15) is 108 Å². The number of hydrogen-bond donors (Lipinski definition) is 0. The zero-order valence-corrected chi connectivity index (χ0v) is 23.7. The van der Waals surface area contributed by atoms with Crippen LogP contribution in [0.3, 0.4) is 0 Å². The van der Waals surface area contributed by atoms with E-state index in [9.17, 15) is 4.39 Å². The van der Waals surface area contributed by atoms with Gasteiger partial charge in [0, 0.05) is 0 Å². The van der Waals surface area contributed by atoms with Crippen LogP contribution >= 0.6 is 0 Å². The second kappa shape index (κ2) is 21.1. The van der Waals surface area contributed by atoms with Gasteiger partial charge in [0.05, 0.1) is 0 Å². The van der Waals surface area contributed by atoms with Gasteiger partial charge in [0.15, 0.2) is 0 Å². The molecule has 0 aliphatic heterocycles. The van der Waals surface area contributed by atoms with E-state index in [0.717, 1.165) is 24.8 Å². The van der Waals surface area contributed by atoms with Crippen LogP contribution in [0.15, 0.2) is 61.7 Å². The fourth-order valence-electron chi connectivity index (χ4n) is 3.40. The number of aryl methyl sites for hydroxylation is 3. The molecule has 34 heavy (non-hydrogen) atoms. The van der Waals surface area contributed by atoms with E-state index in [1.807, 2.05) is 26.0 Å². The van der Waals surface area contributed by atoms with Crippen LogP contribution in [0, 0.1) is 19.7 Å². The molecule has 0 atom stereocenters. The highest BCUT2D eigenvalue weighted by molar-refractivity contribution is 5.78. The number of benzene rings is 2. The van der Waals surface area contributed by atoms with E-state index in [-0.39, 0.29) is 5.82 Å². The monoisotopic (exact) mass is 466 g/mol. The SMILES string of the molecule is C=C/C(=C\C)c1cc(C)c(C(=C)CCCC)cc1C.CC.CCC.CCCc1cccc(F)c1. The maximum atomic E-state index is 12.5. The summed E-state index contributed by atoms with van der Waals surface area (Å²) in [4.78, 5) is 0. The minimum Gasteiger partial charge on any atom is -0.207 e. The molecule has 0 aliphatic rings. The van der Waals surface area contributed by atoms with Gasteiger partial charge in [-0.15, -0.1) is 0 Å². The highest BCUT2D eigenvalue weighted by Crippen LogP contribution is 2.29. The van der Waals surface area contributed by atoms with Crippen molar-refractivity contribution in [3.63, 3.8) is 0 Å². The molecule has 0 saturated heterocycles. The molecule has 0 heterocycles. The first-order valence-electron chi connectivity index (χ1n) is 13.1. The molecule has 0 nitrogen and oxygen atoms in total. The molecule has 2 rings (SSSR count). The van der Waals surface area contributed by atoms with Gasteiger partial charge in [-0.1, -0.05) is 110 Å². The normalized spacial score (nSPS) is 10.0. The lowest BCUT2D eigenvalue weighted by Crippen LogP contribution is -1.95. The molecule has 0 radical (unpaired) electrons. The Bertz CT molecular complexity index is 855. The van der Waals surface area contributed by atoms with Crippen molar-refractivity contribution in [2.24, 2.45) is 0 Å². The van der Waals surface area contributed by atoms with Crippen LogP contribution in [0.25, 0.3) is 11.1 Å². The summed E-state index contributed by atoms with van der Waals surface area (Å²) >= 11 is 0. The van der Waals surface area contributed by atoms with Crippen molar-refractivity contribution in [3.05, 3.63) is 95.3 Å². The smallest absolute Gasteiger partial charge is 0.123 e. The third-order valence-electron chi connectivity index (χ3n) is 5.05. The Kier molecular flexibility index (Phi) is 21.0. The minimum absolute atomic E-state index is 0.133. The Morgan fingerprint density at radius 2 is 1.47 bits per heavy atom. The standard InChI is InChI=1S/C19H26.C9H11F.C3H8.C2H6/c1-7-10-11-14(4)18-12-16(6)19(13-15(18)5)17(8-2)9-3;1-2-4-8-5-3-6-9(10)7-8;1-3-2;1-2/h8-9,12-13H,2,4,7,10-11H2,1,3,5-6H3;3,5-7H,2,4H2,1H3;3H2,1-2H3;1-2H3/b17-9+;;;. The second-order valence-corrected chi connectivity index (χ2v) is 8.22. The van der Waals surface area contributed by atoms with Crippen molar-refractivity contribution in [1.29, 1.82) is 0 Å². The van der Waals surface area contributed by atoms with Gasteiger partial charge in [-0.05, 0) is 91.1 Å². The predicted molar refractivity (Wildman–Crippen MR) is 156 cm³/mol. The Balaban J connectivity index is 0. The van der Waals surface area contributed by atoms with Gasteiger partial charge in [-0.2, -0.15) is 0 Å². The first-order valence-corrected chi connectivity index (χ1v) is 13.1. The third kappa shape index (κ3) is 13.3. The molecule has 0 spiro atoms. The van der Waals surface area contributed by atoms with E-state index in [4.69, 9.17) is 0 Å². The van der Waals surface area contributed by atoms with Crippen molar-refractivity contribution < 1.29 is 4.39 Å². The van der Waals surface area contributed by atoms with Crippen molar-refractivity contribution in [2.75, 3.05) is 0 Å². The zero-order chi connectivity index (χ0) is 26.5. The highest BCUT2D eigenvalue weighted by Gasteiger charge is 2.08. The summed E-state index contributed by atoms with van der Waals surface area (Å²) < 4.78 is 12.5. The van der Waals surface area contributed by atoms with E-state index in [1.54, 1.807) is 12.1 Å². The first-order chi connectivity index (χ1) is 16.3. The molecule has 0 amide bonds. The molecule has 0 aliphatic carbocycles. The van der Waals surface area contributed by atoms with Crippen LogP contribution in [0.2, 0.25) is 0 Å². The van der Waals surface area contributed by atoms with Gasteiger partial charge < -0.3 is 0 Å². The lowest BCUT2D eigenvalue weighted by Gasteiger charge is -2.14. The van der Waals surface area contributed by atoms with Crippen LogP contribution < -0.4 is 0 Å². The summed E-state index contributed by atoms with van der Waals surface area (Å²) in [5, 5.41) is 0. The van der Waals surface area contributed by atoms with E-state index in [0.29, 0.717) is 0 Å². The van der Waals surface area contributed by atoms with Gasteiger partial charge in [-0.25, -0.2) is 4.39 Å². The molecule has 0 saturated carbocycles. The first kappa shape index (κ1) is 33.8. The summed E-state index contributed by atoms with van der Waals surface area (Å²) in [6, 6.07) is 11.3. The molecule has 2 aromatic carbocycles. The molecule has 1 heteroatoms. The minimum atomic E-state index is -0.133. The maximum absolute atomic E-state index is 12.5. The Hall–Kier alpha value is -2.41. The number of allylic oxidation sites excluding steroid dienone is 4. The molecular weight excluding hydrogens is 415 g/mol. The van der Waals surface area contributed by atoms with Crippen molar-refractivity contribution >= 4 is 11.1 Å². The molecule has 2 aromatic rings. The molecular formula is C33H51F. The second-order valence-electron chi connectivity index (χ2n) is 8.22. The number of halogens is 1. The van der Waals surface area contributed by atoms with Gasteiger partial charge >= 0.3 is 0 Å². The fraction of sp³-hybridized carbons (Fsp3) is 0.455. The van der Waals surface area contributed by atoms with E-state index in [2.05, 4.69) is 79.8 Å². The predicted octanol–water partition coefficient (Wildman–Crippen LogP) is 11.3. The molecule has 190 valence electrons. The Labute approximate surface area is 211 Å². The number of rotatable bonds is 8. The average molecular weight is 467 g/mol. The van der Waals surface area contributed by atoms with Crippen LogP contribution in [-0.4, -0.2) is 0 Å². The summed E-state index contributed by atoms with van der Waals surface area (Å²) in [5.41, 5.74) is 8.74. The van der Waals surface area contributed by atoms with Crippen molar-refractivity contribution in [2.45, 2.75) is 101 Å². The van der Waals surface area contributed by atoms with Crippen LogP contribution in [0.5, 0.6) is 0 Å². The summed E-state index contributed by atoms with van der Waals surface area (Å²) in [6.07, 6.45) is 10.9. The van der Waals surface area contributed by atoms with E-state index >= 15 is 0 Å². The summed E-state index contributed by atoms with van der Waals surface area (Å²) in [6.45, 7) is 27.1. The molecule has 0 bridgehead atoms. The Morgan fingerprint density at radius 1 is 0.912 bits per heavy atom. The van der Waals surface area contributed by atoms with Gasteiger partial charge in [0.25, 0.3) is 0 Å². The summed E-state index contributed by atoms with van der Waals surface area (Å²) in [5.74, 6) is -0.133. The quantitative estimate of drug-likeness (QED) is 0.339. The van der Waals surface area contributed by atoms with Crippen LogP contribution in [0.4, 0.5) is 4.39 Å². The maximum Gasteiger partial charge on any atom is 0.123 e. The van der Waals surface area contributed by atoms with Gasteiger partial charge in [0.2, 0.25) is 0 Å². The molecule has 0 aromatic heterocycles. The van der Waals surface area contributed by atoms with Crippen molar-refractivity contribution in [3.8, 4) is 0 Å². The van der Waals surface area contributed by atoms with E-state index < -0.39 is 0 Å².